The fourth-order valence-corrected chi connectivity index (χ4v) is 3.97. The van der Waals surface area contributed by atoms with Gasteiger partial charge in [-0.15, -0.1) is 0 Å². The summed E-state index contributed by atoms with van der Waals surface area (Å²) in [7, 11) is 0. The van der Waals surface area contributed by atoms with Crippen molar-refractivity contribution in [2.45, 2.75) is 27.2 Å². The molecule has 0 aliphatic carbocycles. The number of thioether (sulfide) groups is 1. The summed E-state index contributed by atoms with van der Waals surface area (Å²) in [5.74, 6) is -0.463. The molecule has 1 aliphatic rings. The zero-order valence-corrected chi connectivity index (χ0v) is 18.3. The van der Waals surface area contributed by atoms with Gasteiger partial charge in [-0.1, -0.05) is 23.8 Å². The van der Waals surface area contributed by atoms with Gasteiger partial charge in [0.15, 0.2) is 11.5 Å². The third-order valence-corrected chi connectivity index (χ3v) is 5.40. The molecule has 3 rings (SSSR count). The molecule has 2 aromatic rings. The minimum Gasteiger partial charge on any atom is -0.490 e. The summed E-state index contributed by atoms with van der Waals surface area (Å²) in [5.41, 5.74) is 3.15. The van der Waals surface area contributed by atoms with Gasteiger partial charge in [0.2, 0.25) is 0 Å². The maximum Gasteiger partial charge on any atom is 0.306 e. The predicted octanol–water partition coefficient (Wildman–Crippen LogP) is 4.80. The third kappa shape index (κ3) is 5.27. The van der Waals surface area contributed by atoms with E-state index in [0.717, 1.165) is 22.9 Å². The molecule has 1 fully saturated rings. The van der Waals surface area contributed by atoms with Crippen LogP contribution < -0.4 is 14.4 Å². The molecular formula is C23H23NO6S. The Hall–Kier alpha value is -3.26. The van der Waals surface area contributed by atoms with Crippen LogP contribution >= 0.6 is 11.8 Å². The summed E-state index contributed by atoms with van der Waals surface area (Å²) in [6.45, 7) is 6.05. The molecule has 2 amide bonds. The number of rotatable bonds is 8. The fraction of sp³-hybridized carbons (Fsp3) is 0.261. The average molecular weight is 442 g/mol. The molecule has 2 aromatic carbocycles. The summed E-state index contributed by atoms with van der Waals surface area (Å²) in [6, 6.07) is 10.7. The van der Waals surface area contributed by atoms with Gasteiger partial charge in [0.05, 0.1) is 30.2 Å². The number of carbonyl (C=O) groups is 3. The fourth-order valence-electron chi connectivity index (χ4n) is 3.13. The second-order valence-electron chi connectivity index (χ2n) is 6.94. The van der Waals surface area contributed by atoms with Crippen molar-refractivity contribution < 1.29 is 29.0 Å². The second-order valence-corrected chi connectivity index (χ2v) is 7.93. The first-order chi connectivity index (χ1) is 14.8. The summed E-state index contributed by atoms with van der Waals surface area (Å²) >= 11 is 0.886. The lowest BCUT2D eigenvalue weighted by Gasteiger charge is -2.15. The van der Waals surface area contributed by atoms with Gasteiger partial charge in [-0.25, -0.2) is 4.90 Å². The summed E-state index contributed by atoms with van der Waals surface area (Å²) in [4.78, 5) is 37.7. The monoisotopic (exact) mass is 441 g/mol. The van der Waals surface area contributed by atoms with E-state index in [-0.39, 0.29) is 24.2 Å². The van der Waals surface area contributed by atoms with Crippen LogP contribution in [-0.2, 0) is 9.59 Å². The summed E-state index contributed by atoms with van der Waals surface area (Å²) < 4.78 is 11.1. The molecule has 1 heterocycles. The van der Waals surface area contributed by atoms with Crippen LogP contribution in [0.3, 0.4) is 0 Å². The van der Waals surface area contributed by atoms with Crippen molar-refractivity contribution in [3.8, 4) is 11.5 Å². The second kappa shape index (κ2) is 9.70. The van der Waals surface area contributed by atoms with Crippen molar-refractivity contribution >= 4 is 40.6 Å². The number of anilines is 1. The van der Waals surface area contributed by atoms with Crippen molar-refractivity contribution in [1.82, 2.24) is 0 Å². The van der Waals surface area contributed by atoms with E-state index < -0.39 is 5.97 Å². The zero-order chi connectivity index (χ0) is 22.5. The Morgan fingerprint density at radius 1 is 1.10 bits per heavy atom. The summed E-state index contributed by atoms with van der Waals surface area (Å²) in [6.07, 6.45) is 1.51. The van der Waals surface area contributed by atoms with Crippen LogP contribution in [0.4, 0.5) is 10.5 Å². The van der Waals surface area contributed by atoms with E-state index in [1.807, 2.05) is 32.9 Å². The van der Waals surface area contributed by atoms with E-state index >= 15 is 0 Å². The number of hydrogen-bond donors (Lipinski definition) is 1. The smallest absolute Gasteiger partial charge is 0.306 e. The molecule has 0 unspecified atom stereocenters. The van der Waals surface area contributed by atoms with Gasteiger partial charge in [-0.3, -0.25) is 14.4 Å². The predicted molar refractivity (Wildman–Crippen MR) is 120 cm³/mol. The van der Waals surface area contributed by atoms with Crippen LogP contribution in [0.2, 0.25) is 0 Å². The lowest BCUT2D eigenvalue weighted by Crippen LogP contribution is -2.28. The van der Waals surface area contributed by atoms with Gasteiger partial charge >= 0.3 is 5.97 Å². The van der Waals surface area contributed by atoms with E-state index in [9.17, 15) is 14.4 Å². The Morgan fingerprint density at radius 2 is 1.87 bits per heavy atom. The molecule has 162 valence electrons. The zero-order valence-electron chi connectivity index (χ0n) is 17.5. The topological polar surface area (TPSA) is 93.1 Å². The van der Waals surface area contributed by atoms with Crippen molar-refractivity contribution in [3.63, 3.8) is 0 Å². The normalized spacial score (nSPS) is 14.9. The highest BCUT2D eigenvalue weighted by Crippen LogP contribution is 2.38. The molecule has 0 atom stereocenters. The van der Waals surface area contributed by atoms with Crippen LogP contribution in [-0.4, -0.2) is 35.4 Å². The van der Waals surface area contributed by atoms with Crippen LogP contribution in [0.25, 0.3) is 6.08 Å². The van der Waals surface area contributed by atoms with Gasteiger partial charge in [0.1, 0.15) is 0 Å². The van der Waals surface area contributed by atoms with Gasteiger partial charge in [-0.05, 0) is 67.9 Å². The molecule has 0 bridgehead atoms. The number of ether oxygens (including phenoxy) is 2. The quantitative estimate of drug-likeness (QED) is 0.588. The van der Waals surface area contributed by atoms with Gasteiger partial charge in [-0.2, -0.15) is 0 Å². The Bertz CT molecular complexity index is 1060. The average Bonchev–Trinajstić information content (AvgIpc) is 2.97. The molecule has 0 radical (unpaired) electrons. The number of amides is 2. The lowest BCUT2D eigenvalue weighted by molar-refractivity contribution is -0.137. The number of carboxylic acid groups (broad SMARTS) is 1. The maximum absolute atomic E-state index is 12.9. The first kappa shape index (κ1) is 22.4. The third-order valence-electron chi connectivity index (χ3n) is 4.53. The Labute approximate surface area is 184 Å². The number of carboxylic acids is 1. The molecule has 1 aliphatic heterocycles. The number of imide groups is 1. The first-order valence-corrected chi connectivity index (χ1v) is 10.6. The van der Waals surface area contributed by atoms with Crippen molar-refractivity contribution in [2.24, 2.45) is 0 Å². The number of hydrogen-bond acceptors (Lipinski definition) is 6. The highest BCUT2D eigenvalue weighted by molar-refractivity contribution is 8.19. The Kier molecular flexibility index (Phi) is 7.02. The van der Waals surface area contributed by atoms with Gasteiger partial charge < -0.3 is 14.6 Å². The minimum atomic E-state index is -0.950. The van der Waals surface area contributed by atoms with Crippen LogP contribution in [0.1, 0.15) is 30.0 Å². The van der Waals surface area contributed by atoms with Crippen LogP contribution in [0.15, 0.2) is 41.3 Å². The number of carbonyl (C=O) groups excluding carboxylic acids is 2. The van der Waals surface area contributed by atoms with Gasteiger partial charge in [0, 0.05) is 0 Å². The van der Waals surface area contributed by atoms with E-state index in [4.69, 9.17) is 14.6 Å². The number of aliphatic carboxylic acids is 1. The number of benzene rings is 2. The molecule has 7 nitrogen and oxygen atoms in total. The van der Waals surface area contributed by atoms with E-state index in [0.29, 0.717) is 34.3 Å². The molecule has 1 saturated heterocycles. The molecular weight excluding hydrogens is 418 g/mol. The SMILES string of the molecule is CCOc1cc(/C=C2/SC(=O)N(c3ccc(C)cc3C)C2=O)ccc1OCCC(=O)O. The van der Waals surface area contributed by atoms with Crippen LogP contribution in [0, 0.1) is 13.8 Å². The first-order valence-electron chi connectivity index (χ1n) is 9.76. The van der Waals surface area contributed by atoms with Crippen molar-refractivity contribution in [1.29, 1.82) is 0 Å². The Balaban J connectivity index is 1.85. The van der Waals surface area contributed by atoms with Crippen LogP contribution in [0.5, 0.6) is 11.5 Å². The van der Waals surface area contributed by atoms with Crippen molar-refractivity contribution in [3.05, 3.63) is 58.0 Å². The molecule has 31 heavy (non-hydrogen) atoms. The van der Waals surface area contributed by atoms with Gasteiger partial charge in [0.25, 0.3) is 11.1 Å². The standard InChI is InChI=1S/C23H23NO6S/c1-4-29-19-12-16(6-8-18(19)30-10-9-21(25)26)13-20-22(27)24(23(28)31-20)17-7-5-14(2)11-15(17)3/h5-8,11-13H,4,9-10H2,1-3H3,(H,25,26)/b20-13+. The van der Waals surface area contributed by atoms with E-state index in [2.05, 4.69) is 0 Å². The highest BCUT2D eigenvalue weighted by atomic mass is 32.2. The largest absolute Gasteiger partial charge is 0.490 e. The molecule has 0 saturated carbocycles. The minimum absolute atomic E-state index is 0.0174. The molecule has 0 spiro atoms. The summed E-state index contributed by atoms with van der Waals surface area (Å²) in [5, 5.41) is 8.42. The Morgan fingerprint density at radius 3 is 2.55 bits per heavy atom. The molecule has 0 aromatic heterocycles. The van der Waals surface area contributed by atoms with E-state index in [1.54, 1.807) is 30.3 Å². The number of nitrogens with zero attached hydrogens (tertiary/aromatic N) is 1. The maximum atomic E-state index is 12.9. The number of aryl methyl sites for hydroxylation is 2. The highest BCUT2D eigenvalue weighted by Gasteiger charge is 2.37. The lowest BCUT2D eigenvalue weighted by atomic mass is 10.1. The molecule has 1 N–H and O–H groups in total. The van der Waals surface area contributed by atoms with Crippen molar-refractivity contribution in [2.75, 3.05) is 18.1 Å². The van der Waals surface area contributed by atoms with E-state index in [1.165, 1.54) is 4.90 Å². The molecule has 8 heteroatoms.